The van der Waals surface area contributed by atoms with Crippen molar-refractivity contribution in [2.45, 2.75) is 111 Å². The van der Waals surface area contributed by atoms with E-state index in [1.54, 1.807) is 39.8 Å². The predicted octanol–water partition coefficient (Wildman–Crippen LogP) is 3.66. The number of aliphatic hydroxyl groups excluding tert-OH is 2. The van der Waals surface area contributed by atoms with Crippen molar-refractivity contribution in [1.82, 2.24) is 0 Å². The summed E-state index contributed by atoms with van der Waals surface area (Å²) in [7, 11) is 0. The molecule has 0 aromatic heterocycles. The number of Topliss-reactive ketones (excluding diaryl/α,β-unsaturated/α-hetero) is 1. The van der Waals surface area contributed by atoms with Gasteiger partial charge in [-0.05, 0) is 57.6 Å². The van der Waals surface area contributed by atoms with Crippen LogP contribution in [0.1, 0.15) is 87.5 Å². The van der Waals surface area contributed by atoms with Gasteiger partial charge in [-0.1, -0.05) is 52.7 Å². The summed E-state index contributed by atoms with van der Waals surface area (Å²) in [5.41, 5.74) is -5.61. The third kappa shape index (κ3) is 4.07. The van der Waals surface area contributed by atoms with E-state index in [-0.39, 0.29) is 23.9 Å². The third-order valence-corrected chi connectivity index (χ3v) is 10.1. The van der Waals surface area contributed by atoms with Crippen molar-refractivity contribution in [3.05, 3.63) is 23.3 Å². The highest BCUT2D eigenvalue weighted by molar-refractivity contribution is 5.96. The molecular weight excluding hydrogens is 500 g/mol. The fourth-order valence-corrected chi connectivity index (χ4v) is 7.86. The summed E-state index contributed by atoms with van der Waals surface area (Å²) in [5, 5.41) is 35.2. The quantitative estimate of drug-likeness (QED) is 0.251. The van der Waals surface area contributed by atoms with Crippen LogP contribution in [0.15, 0.2) is 23.3 Å². The number of allylic oxidation sites excluding steroid dienone is 1. The molecule has 39 heavy (non-hydrogen) atoms. The molecule has 8 nitrogen and oxygen atoms in total. The van der Waals surface area contributed by atoms with Gasteiger partial charge in [-0.15, -0.1) is 0 Å². The Morgan fingerprint density at radius 3 is 2.36 bits per heavy atom. The van der Waals surface area contributed by atoms with E-state index in [9.17, 15) is 29.7 Å². The van der Waals surface area contributed by atoms with Crippen LogP contribution >= 0.6 is 0 Å². The minimum absolute atomic E-state index is 0.164. The minimum Gasteiger partial charge on any atom is -0.461 e. The normalized spacial score (nSPS) is 40.4. The molecule has 2 bridgehead atoms. The lowest BCUT2D eigenvalue weighted by molar-refractivity contribution is -0.192. The molecular formula is C31H46O8. The molecule has 0 heterocycles. The second-order valence-corrected chi connectivity index (χ2v) is 14.0. The van der Waals surface area contributed by atoms with E-state index in [0.29, 0.717) is 18.4 Å². The highest BCUT2D eigenvalue weighted by atomic mass is 16.6. The minimum atomic E-state index is -2.27. The molecule has 0 amide bonds. The summed E-state index contributed by atoms with van der Waals surface area (Å²) in [4.78, 5) is 40.2. The van der Waals surface area contributed by atoms with Gasteiger partial charge < -0.3 is 24.8 Å². The molecule has 0 aromatic rings. The monoisotopic (exact) mass is 546 g/mol. The molecule has 0 radical (unpaired) electrons. The molecule has 8 heteroatoms. The number of rotatable bonds is 7. The van der Waals surface area contributed by atoms with Crippen molar-refractivity contribution >= 4 is 17.7 Å². The molecule has 218 valence electrons. The SMILES string of the molecule is CCCCCC(=O)O[C@@]12CC(C)C34C=C(C)[C@H](O)[C@@]3(O)[C@H](O)C(COC(=O)C(C)(C)C)=C[C@H](C4=O)[C@@H]1C2(C)C. The Labute approximate surface area is 231 Å². The van der Waals surface area contributed by atoms with Gasteiger partial charge in [-0.25, -0.2) is 0 Å². The average Bonchev–Trinajstić information content (AvgIpc) is 3.25. The van der Waals surface area contributed by atoms with E-state index in [1.165, 1.54) is 0 Å². The molecule has 4 aliphatic carbocycles. The van der Waals surface area contributed by atoms with Crippen molar-refractivity contribution in [2.75, 3.05) is 6.61 Å². The highest BCUT2D eigenvalue weighted by Gasteiger charge is 2.83. The number of unbranched alkanes of at least 4 members (excludes halogenated alkanes) is 2. The first-order valence-electron chi connectivity index (χ1n) is 14.3. The van der Waals surface area contributed by atoms with E-state index in [2.05, 4.69) is 6.92 Å². The van der Waals surface area contributed by atoms with Gasteiger partial charge in [0.15, 0.2) is 5.78 Å². The number of ketones is 1. The number of ether oxygens (including phenoxy) is 2. The van der Waals surface area contributed by atoms with Gasteiger partial charge in [0.25, 0.3) is 0 Å². The van der Waals surface area contributed by atoms with Crippen LogP contribution in [0.5, 0.6) is 0 Å². The van der Waals surface area contributed by atoms with Gasteiger partial charge in [0.2, 0.25) is 0 Å². The standard InChI is InChI=1S/C31H46O8/c1-9-10-11-12-21(32)39-30-15-18(3)29-14-17(2)23(33)31(29,37)24(34)19(16-38-26(36)27(4,5)6)13-20(25(29)35)22(30)28(30,7)8/h13-14,18,20,22-24,33-34,37H,9-12,15-16H2,1-8H3/t18?,20-,22+,23-,24+,29?,30-,31+/m0/s1. The Kier molecular flexibility index (Phi) is 7.31. The lowest BCUT2D eigenvalue weighted by Gasteiger charge is -2.48. The lowest BCUT2D eigenvalue weighted by Crippen LogP contribution is -2.65. The summed E-state index contributed by atoms with van der Waals surface area (Å²) in [5.74, 6) is -2.91. The molecule has 0 saturated heterocycles. The number of carbonyl (C=O) groups excluding carboxylic acids is 3. The van der Waals surface area contributed by atoms with Crippen molar-refractivity contribution in [3.63, 3.8) is 0 Å². The fraction of sp³-hybridized carbons (Fsp3) is 0.774. The highest BCUT2D eigenvalue weighted by Crippen LogP contribution is 2.75. The second kappa shape index (κ2) is 9.52. The van der Waals surface area contributed by atoms with Crippen LogP contribution in [0.3, 0.4) is 0 Å². The first-order chi connectivity index (χ1) is 17.9. The van der Waals surface area contributed by atoms with E-state index in [4.69, 9.17) is 9.47 Å². The molecule has 0 aromatic carbocycles. The van der Waals surface area contributed by atoms with Gasteiger partial charge in [0.05, 0.1) is 10.8 Å². The van der Waals surface area contributed by atoms with Crippen molar-refractivity contribution in [2.24, 2.45) is 34.0 Å². The Morgan fingerprint density at radius 1 is 1.13 bits per heavy atom. The molecule has 4 aliphatic rings. The largest absolute Gasteiger partial charge is 0.461 e. The van der Waals surface area contributed by atoms with Crippen molar-refractivity contribution < 1.29 is 39.2 Å². The molecule has 2 fully saturated rings. The van der Waals surface area contributed by atoms with Gasteiger partial charge in [0, 0.05) is 23.7 Å². The van der Waals surface area contributed by atoms with Crippen molar-refractivity contribution in [3.8, 4) is 0 Å². The van der Waals surface area contributed by atoms with E-state index in [0.717, 1.165) is 19.3 Å². The van der Waals surface area contributed by atoms with Gasteiger partial charge >= 0.3 is 11.9 Å². The lowest BCUT2D eigenvalue weighted by atomic mass is 9.59. The number of fused-ring (bicyclic) bond motifs is 3. The summed E-state index contributed by atoms with van der Waals surface area (Å²) in [6, 6.07) is 0. The Bertz CT molecular complexity index is 1110. The number of hydrogen-bond acceptors (Lipinski definition) is 8. The summed E-state index contributed by atoms with van der Waals surface area (Å²) in [6.45, 7) is 14.3. The topological polar surface area (TPSA) is 130 Å². The smallest absolute Gasteiger partial charge is 0.311 e. The zero-order valence-corrected chi connectivity index (χ0v) is 24.7. The van der Waals surface area contributed by atoms with E-state index < -0.39 is 63.4 Å². The maximum atomic E-state index is 14.6. The fourth-order valence-electron chi connectivity index (χ4n) is 7.86. The van der Waals surface area contributed by atoms with Crippen LogP contribution < -0.4 is 0 Å². The molecule has 0 aliphatic heterocycles. The van der Waals surface area contributed by atoms with Crippen LogP contribution in [0, 0.1) is 34.0 Å². The van der Waals surface area contributed by atoms with Crippen LogP contribution in [0.4, 0.5) is 0 Å². The van der Waals surface area contributed by atoms with Crippen LogP contribution in [-0.4, -0.2) is 63.1 Å². The zero-order chi connectivity index (χ0) is 29.3. The van der Waals surface area contributed by atoms with Gasteiger partial charge in [-0.3, -0.25) is 14.4 Å². The Hall–Kier alpha value is -2.03. The molecule has 1 spiro atoms. The number of carbonyl (C=O) groups is 3. The molecule has 2 unspecified atom stereocenters. The van der Waals surface area contributed by atoms with Gasteiger partial charge in [0.1, 0.15) is 30.0 Å². The first-order valence-corrected chi connectivity index (χ1v) is 14.3. The molecule has 4 rings (SSSR count). The third-order valence-electron chi connectivity index (χ3n) is 10.1. The van der Waals surface area contributed by atoms with E-state index >= 15 is 0 Å². The number of esters is 2. The van der Waals surface area contributed by atoms with Crippen molar-refractivity contribution in [1.29, 1.82) is 0 Å². The summed E-state index contributed by atoms with van der Waals surface area (Å²) < 4.78 is 11.8. The molecule has 2 saturated carbocycles. The second-order valence-electron chi connectivity index (χ2n) is 14.0. The van der Waals surface area contributed by atoms with Crippen LogP contribution in [-0.2, 0) is 23.9 Å². The number of aliphatic hydroxyl groups is 3. The summed E-state index contributed by atoms with van der Waals surface area (Å²) in [6.07, 6.45) is 3.28. The van der Waals surface area contributed by atoms with Gasteiger partial charge in [-0.2, -0.15) is 0 Å². The molecule has 3 N–H and O–H groups in total. The molecule has 8 atom stereocenters. The van der Waals surface area contributed by atoms with E-state index in [1.807, 2.05) is 20.8 Å². The predicted molar refractivity (Wildman–Crippen MR) is 144 cm³/mol. The Morgan fingerprint density at radius 2 is 1.77 bits per heavy atom. The van der Waals surface area contributed by atoms with Crippen LogP contribution in [0.2, 0.25) is 0 Å². The average molecular weight is 547 g/mol. The zero-order valence-electron chi connectivity index (χ0n) is 24.7. The summed E-state index contributed by atoms with van der Waals surface area (Å²) >= 11 is 0. The number of hydrogen-bond donors (Lipinski definition) is 3. The maximum absolute atomic E-state index is 14.6. The maximum Gasteiger partial charge on any atom is 0.311 e. The first kappa shape index (κ1) is 29.9. The van der Waals surface area contributed by atoms with Crippen LogP contribution in [0.25, 0.3) is 0 Å². The Balaban J connectivity index is 1.83.